The van der Waals surface area contributed by atoms with Gasteiger partial charge in [0.25, 0.3) is 0 Å². The number of nitrogens with zero attached hydrogens (tertiary/aromatic N) is 2. The number of amides is 1. The standard InChI is InChI=1S/C25H36N4O3S/c1-15(18-6-8-19(9-7-18)22-16(2)28-14-33-22)27-12-20-10-17(11-21(30)31)13-29(20)24(32)23(26)25(3,4)5/h6-9,14-15,17,20,23,27H,10-13,26H2,1-5H3,(H,30,31)/t15?,17-,20+,23?/m1/s1. The van der Waals surface area contributed by atoms with E-state index in [1.165, 1.54) is 4.88 Å². The molecule has 1 aromatic carbocycles. The normalized spacial score (nSPS) is 20.6. The van der Waals surface area contributed by atoms with Crippen LogP contribution in [0.5, 0.6) is 0 Å². The first-order valence-electron chi connectivity index (χ1n) is 11.5. The fraction of sp³-hybridized carbons (Fsp3) is 0.560. The van der Waals surface area contributed by atoms with Crippen molar-refractivity contribution in [1.29, 1.82) is 0 Å². The minimum atomic E-state index is -0.828. The molecule has 1 aliphatic heterocycles. The van der Waals surface area contributed by atoms with Crippen molar-refractivity contribution in [1.82, 2.24) is 15.2 Å². The van der Waals surface area contributed by atoms with Crippen molar-refractivity contribution in [3.63, 3.8) is 0 Å². The quantitative estimate of drug-likeness (QED) is 0.539. The fourth-order valence-electron chi connectivity index (χ4n) is 4.35. The minimum absolute atomic E-state index is 0.0531. The van der Waals surface area contributed by atoms with Gasteiger partial charge in [-0.15, -0.1) is 11.3 Å². The molecule has 0 spiro atoms. The van der Waals surface area contributed by atoms with E-state index in [9.17, 15) is 14.7 Å². The van der Waals surface area contributed by atoms with Gasteiger partial charge in [0.15, 0.2) is 0 Å². The number of carboxylic acids is 1. The Morgan fingerprint density at radius 3 is 2.52 bits per heavy atom. The Kier molecular flexibility index (Phi) is 7.92. The van der Waals surface area contributed by atoms with E-state index >= 15 is 0 Å². The van der Waals surface area contributed by atoms with Crippen LogP contribution in [0.3, 0.4) is 0 Å². The number of nitrogens with two attached hydrogens (primary N) is 1. The zero-order valence-corrected chi connectivity index (χ0v) is 21.0. The van der Waals surface area contributed by atoms with Crippen molar-refractivity contribution in [3.05, 3.63) is 41.0 Å². The van der Waals surface area contributed by atoms with E-state index in [4.69, 9.17) is 5.73 Å². The van der Waals surface area contributed by atoms with Crippen LogP contribution in [0.1, 0.15) is 57.8 Å². The molecule has 0 saturated carbocycles. The van der Waals surface area contributed by atoms with Gasteiger partial charge in [0.1, 0.15) is 0 Å². The Bertz CT molecular complexity index is 967. The van der Waals surface area contributed by atoms with Gasteiger partial charge in [0.2, 0.25) is 5.91 Å². The zero-order chi connectivity index (χ0) is 24.3. The highest BCUT2D eigenvalue weighted by Gasteiger charge is 2.40. The summed E-state index contributed by atoms with van der Waals surface area (Å²) < 4.78 is 0. The number of carboxylic acid groups (broad SMARTS) is 1. The average Bonchev–Trinajstić information content (AvgIpc) is 3.35. The van der Waals surface area contributed by atoms with Crippen LogP contribution in [0.4, 0.5) is 0 Å². The lowest BCUT2D eigenvalue weighted by molar-refractivity contribution is -0.139. The lowest BCUT2D eigenvalue weighted by Crippen LogP contribution is -2.53. The summed E-state index contributed by atoms with van der Waals surface area (Å²) in [7, 11) is 0. The molecule has 33 heavy (non-hydrogen) atoms. The maximum Gasteiger partial charge on any atom is 0.303 e. The topological polar surface area (TPSA) is 109 Å². The van der Waals surface area contributed by atoms with Crippen molar-refractivity contribution < 1.29 is 14.7 Å². The summed E-state index contributed by atoms with van der Waals surface area (Å²) in [5.41, 5.74) is 11.1. The molecule has 8 heteroatoms. The van der Waals surface area contributed by atoms with Crippen LogP contribution in [-0.4, -0.2) is 52.0 Å². The molecule has 0 radical (unpaired) electrons. The van der Waals surface area contributed by atoms with Crippen molar-refractivity contribution in [2.75, 3.05) is 13.1 Å². The van der Waals surface area contributed by atoms with E-state index in [1.54, 1.807) is 16.2 Å². The van der Waals surface area contributed by atoms with Gasteiger partial charge in [-0.25, -0.2) is 4.98 Å². The predicted molar refractivity (Wildman–Crippen MR) is 132 cm³/mol. The summed E-state index contributed by atoms with van der Waals surface area (Å²) in [5, 5.41) is 12.8. The maximum absolute atomic E-state index is 13.1. The Hall–Kier alpha value is -2.29. The Morgan fingerprint density at radius 1 is 1.30 bits per heavy atom. The van der Waals surface area contributed by atoms with E-state index < -0.39 is 12.0 Å². The largest absolute Gasteiger partial charge is 0.481 e. The number of likely N-dealkylation sites (tertiary alicyclic amines) is 1. The lowest BCUT2D eigenvalue weighted by atomic mass is 9.86. The molecule has 3 rings (SSSR count). The minimum Gasteiger partial charge on any atom is -0.481 e. The first kappa shape index (κ1) is 25.3. The van der Waals surface area contributed by atoms with Crippen LogP contribution >= 0.6 is 11.3 Å². The van der Waals surface area contributed by atoms with Gasteiger partial charge >= 0.3 is 5.97 Å². The van der Waals surface area contributed by atoms with Crippen molar-refractivity contribution in [3.8, 4) is 10.4 Å². The Balaban J connectivity index is 1.67. The molecule has 2 aromatic rings. The van der Waals surface area contributed by atoms with Gasteiger partial charge in [-0.05, 0) is 42.7 Å². The zero-order valence-electron chi connectivity index (χ0n) is 20.2. The molecule has 0 bridgehead atoms. The molecule has 7 nitrogen and oxygen atoms in total. The average molecular weight is 473 g/mol. The molecule has 4 atom stereocenters. The van der Waals surface area contributed by atoms with E-state index in [-0.39, 0.29) is 35.7 Å². The predicted octanol–water partition coefficient (Wildman–Crippen LogP) is 3.83. The SMILES string of the molecule is Cc1ncsc1-c1ccc(C(C)NC[C@@H]2C[C@H](CC(=O)O)CN2C(=O)C(N)C(C)(C)C)cc1. The molecule has 180 valence electrons. The van der Waals surface area contributed by atoms with Crippen molar-refractivity contribution in [2.24, 2.45) is 17.1 Å². The van der Waals surface area contributed by atoms with Crippen LogP contribution in [0, 0.1) is 18.3 Å². The van der Waals surface area contributed by atoms with Gasteiger partial charge in [0.05, 0.1) is 22.1 Å². The molecule has 0 aliphatic carbocycles. The molecule has 1 fully saturated rings. The number of hydrogen-bond donors (Lipinski definition) is 3. The number of aliphatic carboxylic acids is 1. The van der Waals surface area contributed by atoms with Gasteiger partial charge in [-0.1, -0.05) is 45.0 Å². The number of carbonyl (C=O) groups is 2. The first-order valence-corrected chi connectivity index (χ1v) is 12.4. The van der Waals surface area contributed by atoms with Crippen molar-refractivity contribution in [2.45, 2.75) is 65.6 Å². The van der Waals surface area contributed by atoms with E-state index in [2.05, 4.69) is 41.5 Å². The first-order chi connectivity index (χ1) is 15.5. The maximum atomic E-state index is 13.1. The number of nitrogens with one attached hydrogen (secondary N) is 1. The molecule has 4 N–H and O–H groups in total. The van der Waals surface area contributed by atoms with E-state index in [0.717, 1.165) is 16.8 Å². The highest BCUT2D eigenvalue weighted by Crippen LogP contribution is 2.30. The second kappa shape index (κ2) is 10.3. The molecule has 2 unspecified atom stereocenters. The second-order valence-electron chi connectivity index (χ2n) is 10.2. The molecular formula is C25H36N4O3S. The molecular weight excluding hydrogens is 436 g/mol. The molecule has 1 aromatic heterocycles. The van der Waals surface area contributed by atoms with Crippen LogP contribution in [0.15, 0.2) is 29.8 Å². The second-order valence-corrected chi connectivity index (χ2v) is 11.1. The number of hydrogen-bond acceptors (Lipinski definition) is 6. The number of benzene rings is 1. The van der Waals surface area contributed by atoms with E-state index in [0.29, 0.717) is 19.5 Å². The summed E-state index contributed by atoms with van der Waals surface area (Å²) >= 11 is 1.64. The van der Waals surface area contributed by atoms with Gasteiger partial charge in [-0.2, -0.15) is 0 Å². The fourth-order valence-corrected chi connectivity index (χ4v) is 5.17. The molecule has 1 amide bonds. The number of aryl methyl sites for hydroxylation is 1. The van der Waals surface area contributed by atoms with Crippen LogP contribution in [-0.2, 0) is 9.59 Å². The summed E-state index contributed by atoms with van der Waals surface area (Å²) in [5.74, 6) is -0.979. The summed E-state index contributed by atoms with van der Waals surface area (Å²) in [6, 6.07) is 7.86. The summed E-state index contributed by atoms with van der Waals surface area (Å²) in [4.78, 5) is 31.7. The number of rotatable bonds is 8. The summed E-state index contributed by atoms with van der Waals surface area (Å²) in [6.45, 7) is 11.0. The Morgan fingerprint density at radius 2 is 1.97 bits per heavy atom. The highest BCUT2D eigenvalue weighted by molar-refractivity contribution is 7.13. The summed E-state index contributed by atoms with van der Waals surface area (Å²) in [6.07, 6.45) is 0.733. The molecule has 1 aliphatic rings. The lowest BCUT2D eigenvalue weighted by Gasteiger charge is -2.33. The third kappa shape index (κ3) is 6.19. The Labute approximate surface area is 200 Å². The monoisotopic (exact) mass is 472 g/mol. The third-order valence-corrected chi connectivity index (χ3v) is 7.50. The number of aromatic nitrogens is 1. The molecule has 1 saturated heterocycles. The molecule has 2 heterocycles. The number of thiazole rings is 1. The smallest absolute Gasteiger partial charge is 0.303 e. The third-order valence-electron chi connectivity index (χ3n) is 6.52. The van der Waals surface area contributed by atoms with Crippen LogP contribution in [0.2, 0.25) is 0 Å². The van der Waals surface area contributed by atoms with Gasteiger partial charge in [-0.3, -0.25) is 9.59 Å². The van der Waals surface area contributed by atoms with Gasteiger partial charge in [0, 0.05) is 31.6 Å². The number of carbonyl (C=O) groups excluding carboxylic acids is 1. The van der Waals surface area contributed by atoms with Crippen LogP contribution in [0.25, 0.3) is 10.4 Å². The van der Waals surface area contributed by atoms with Crippen molar-refractivity contribution >= 4 is 23.2 Å². The van der Waals surface area contributed by atoms with Gasteiger partial charge < -0.3 is 21.1 Å². The highest BCUT2D eigenvalue weighted by atomic mass is 32.1. The van der Waals surface area contributed by atoms with E-state index in [1.807, 2.05) is 33.2 Å². The van der Waals surface area contributed by atoms with Crippen LogP contribution < -0.4 is 11.1 Å².